The molecule has 2 aromatic rings. The summed E-state index contributed by atoms with van der Waals surface area (Å²) in [6.45, 7) is 14.3. The number of thiophene rings is 1. The molecule has 0 saturated heterocycles. The monoisotopic (exact) mass is 376 g/mol. The molecule has 0 aliphatic carbocycles. The SMILES string of the molecule is CCCNC(=O)[C@@H](C)NC(=O)c1sc2nc(C(C)(C)C)nc(C)c2c1C. The zero-order valence-corrected chi connectivity index (χ0v) is 17.4. The smallest absolute Gasteiger partial charge is 0.262 e. The summed E-state index contributed by atoms with van der Waals surface area (Å²) < 4.78 is 0. The van der Waals surface area contributed by atoms with Crippen LogP contribution in [0.15, 0.2) is 0 Å². The van der Waals surface area contributed by atoms with Crippen LogP contribution in [0.3, 0.4) is 0 Å². The van der Waals surface area contributed by atoms with E-state index in [0.29, 0.717) is 11.4 Å². The van der Waals surface area contributed by atoms with Crippen molar-refractivity contribution < 1.29 is 9.59 Å². The first-order chi connectivity index (χ1) is 12.1. The molecule has 1 atom stereocenters. The second kappa shape index (κ2) is 7.70. The zero-order valence-electron chi connectivity index (χ0n) is 16.6. The molecule has 2 heterocycles. The van der Waals surface area contributed by atoms with Gasteiger partial charge in [0.1, 0.15) is 16.7 Å². The normalized spacial score (nSPS) is 12.9. The highest BCUT2D eigenvalue weighted by atomic mass is 32.1. The molecule has 2 aromatic heterocycles. The predicted octanol–water partition coefficient (Wildman–Crippen LogP) is 3.25. The molecule has 0 aliphatic heterocycles. The van der Waals surface area contributed by atoms with Crippen molar-refractivity contribution in [2.45, 2.75) is 66.3 Å². The van der Waals surface area contributed by atoms with E-state index in [9.17, 15) is 9.59 Å². The zero-order chi connectivity index (χ0) is 19.6. The van der Waals surface area contributed by atoms with E-state index in [1.54, 1.807) is 6.92 Å². The number of hydrogen-bond acceptors (Lipinski definition) is 5. The van der Waals surface area contributed by atoms with Crippen molar-refractivity contribution in [3.8, 4) is 0 Å². The van der Waals surface area contributed by atoms with Gasteiger partial charge in [-0.3, -0.25) is 9.59 Å². The topological polar surface area (TPSA) is 84.0 Å². The van der Waals surface area contributed by atoms with Gasteiger partial charge in [-0.25, -0.2) is 9.97 Å². The average Bonchev–Trinajstić information content (AvgIpc) is 2.89. The van der Waals surface area contributed by atoms with Crippen LogP contribution in [0.4, 0.5) is 0 Å². The van der Waals surface area contributed by atoms with Crippen molar-refractivity contribution in [1.29, 1.82) is 0 Å². The molecular formula is C19H28N4O2S. The molecule has 2 amide bonds. The Kier molecular flexibility index (Phi) is 6.01. The predicted molar refractivity (Wildman–Crippen MR) is 106 cm³/mol. The number of hydrogen-bond donors (Lipinski definition) is 2. The second-order valence-electron chi connectivity index (χ2n) is 7.61. The molecule has 7 heteroatoms. The van der Waals surface area contributed by atoms with Gasteiger partial charge in [-0.2, -0.15) is 0 Å². The molecule has 6 nitrogen and oxygen atoms in total. The van der Waals surface area contributed by atoms with Gasteiger partial charge in [0.15, 0.2) is 0 Å². The highest BCUT2D eigenvalue weighted by Gasteiger charge is 2.24. The lowest BCUT2D eigenvalue weighted by Gasteiger charge is -2.16. The second-order valence-corrected chi connectivity index (χ2v) is 8.60. The summed E-state index contributed by atoms with van der Waals surface area (Å²) in [6, 6.07) is -0.587. The molecule has 0 bridgehead atoms. The first-order valence-electron chi connectivity index (χ1n) is 8.93. The number of fused-ring (bicyclic) bond motifs is 1. The van der Waals surface area contributed by atoms with Crippen LogP contribution in [0.25, 0.3) is 10.2 Å². The van der Waals surface area contributed by atoms with Crippen molar-refractivity contribution in [3.05, 3.63) is 22.0 Å². The molecule has 0 unspecified atom stereocenters. The van der Waals surface area contributed by atoms with E-state index in [4.69, 9.17) is 0 Å². The Morgan fingerprint density at radius 1 is 1.19 bits per heavy atom. The molecule has 2 rings (SSSR count). The van der Waals surface area contributed by atoms with Crippen LogP contribution in [-0.2, 0) is 10.2 Å². The molecule has 0 fully saturated rings. The summed E-state index contributed by atoms with van der Waals surface area (Å²) in [4.78, 5) is 35.4. The van der Waals surface area contributed by atoms with Crippen molar-refractivity contribution in [2.24, 2.45) is 0 Å². The average molecular weight is 377 g/mol. The Balaban J connectivity index is 2.32. The molecule has 142 valence electrons. The third-order valence-electron chi connectivity index (χ3n) is 4.14. The van der Waals surface area contributed by atoms with E-state index < -0.39 is 6.04 Å². The summed E-state index contributed by atoms with van der Waals surface area (Å²) in [5, 5.41) is 6.50. The van der Waals surface area contributed by atoms with Gasteiger partial charge >= 0.3 is 0 Å². The fraction of sp³-hybridized carbons (Fsp3) is 0.579. The van der Waals surface area contributed by atoms with Crippen LogP contribution in [0, 0.1) is 13.8 Å². The van der Waals surface area contributed by atoms with Crippen LogP contribution in [0.2, 0.25) is 0 Å². The first kappa shape index (κ1) is 20.3. The van der Waals surface area contributed by atoms with Gasteiger partial charge in [0.05, 0.1) is 10.6 Å². The van der Waals surface area contributed by atoms with Crippen molar-refractivity contribution >= 4 is 33.4 Å². The molecule has 2 N–H and O–H groups in total. The van der Waals surface area contributed by atoms with Gasteiger partial charge in [0.25, 0.3) is 5.91 Å². The number of aromatic nitrogens is 2. The lowest BCUT2D eigenvalue weighted by molar-refractivity contribution is -0.122. The summed E-state index contributed by atoms with van der Waals surface area (Å²) in [5.74, 6) is 0.342. The Morgan fingerprint density at radius 2 is 1.85 bits per heavy atom. The summed E-state index contributed by atoms with van der Waals surface area (Å²) in [6.07, 6.45) is 0.857. The maximum absolute atomic E-state index is 12.7. The Labute approximate surface area is 158 Å². The fourth-order valence-electron chi connectivity index (χ4n) is 2.62. The number of aryl methyl sites for hydroxylation is 2. The number of nitrogens with one attached hydrogen (secondary N) is 2. The number of carbonyl (C=O) groups excluding carboxylic acids is 2. The van der Waals surface area contributed by atoms with E-state index in [0.717, 1.165) is 33.7 Å². The van der Waals surface area contributed by atoms with E-state index >= 15 is 0 Å². The largest absolute Gasteiger partial charge is 0.354 e. The van der Waals surface area contributed by atoms with Crippen molar-refractivity contribution in [3.63, 3.8) is 0 Å². The maximum atomic E-state index is 12.7. The summed E-state index contributed by atoms with van der Waals surface area (Å²) >= 11 is 1.35. The molecule has 0 aromatic carbocycles. The van der Waals surface area contributed by atoms with Gasteiger partial charge in [-0.15, -0.1) is 11.3 Å². The maximum Gasteiger partial charge on any atom is 0.262 e. The van der Waals surface area contributed by atoms with Crippen LogP contribution in [-0.4, -0.2) is 34.4 Å². The van der Waals surface area contributed by atoms with Gasteiger partial charge in [0, 0.05) is 17.3 Å². The third kappa shape index (κ3) is 4.20. The molecular weight excluding hydrogens is 348 g/mol. The van der Waals surface area contributed by atoms with Crippen LogP contribution >= 0.6 is 11.3 Å². The highest BCUT2D eigenvalue weighted by molar-refractivity contribution is 7.20. The van der Waals surface area contributed by atoms with Gasteiger partial charge in [-0.1, -0.05) is 27.7 Å². The van der Waals surface area contributed by atoms with Crippen LogP contribution < -0.4 is 10.6 Å². The lowest BCUT2D eigenvalue weighted by Crippen LogP contribution is -2.44. The lowest BCUT2D eigenvalue weighted by atomic mass is 9.95. The molecule has 0 radical (unpaired) electrons. The molecule has 0 aliphatic rings. The summed E-state index contributed by atoms with van der Waals surface area (Å²) in [5.41, 5.74) is 1.58. The summed E-state index contributed by atoms with van der Waals surface area (Å²) in [7, 11) is 0. The van der Waals surface area contributed by atoms with Crippen molar-refractivity contribution in [2.75, 3.05) is 6.54 Å². The van der Waals surface area contributed by atoms with Gasteiger partial charge in [-0.05, 0) is 32.8 Å². The minimum absolute atomic E-state index is 0.162. The fourth-order valence-corrected chi connectivity index (χ4v) is 3.76. The third-order valence-corrected chi connectivity index (χ3v) is 5.32. The van der Waals surface area contributed by atoms with E-state index in [1.807, 2.05) is 20.8 Å². The van der Waals surface area contributed by atoms with E-state index in [2.05, 4.69) is 41.4 Å². The first-order valence-corrected chi connectivity index (χ1v) is 9.74. The minimum Gasteiger partial charge on any atom is -0.354 e. The standard InChI is InChI=1S/C19H28N4O2S/c1-8-9-20-15(24)12(4)21-16(25)14-10(2)13-11(3)22-18(19(5,6)7)23-17(13)26-14/h12H,8-9H2,1-7H3,(H,20,24)(H,21,25)/t12-/m1/s1. The van der Waals surface area contributed by atoms with Crippen LogP contribution in [0.1, 0.15) is 67.8 Å². The van der Waals surface area contributed by atoms with Gasteiger partial charge in [0.2, 0.25) is 5.91 Å². The Hall–Kier alpha value is -2.02. The van der Waals surface area contributed by atoms with E-state index in [-0.39, 0.29) is 17.2 Å². The Morgan fingerprint density at radius 3 is 2.42 bits per heavy atom. The number of amides is 2. The quantitative estimate of drug-likeness (QED) is 0.839. The van der Waals surface area contributed by atoms with Crippen molar-refractivity contribution in [1.82, 2.24) is 20.6 Å². The number of nitrogens with zero attached hydrogens (tertiary/aromatic N) is 2. The minimum atomic E-state index is -0.587. The van der Waals surface area contributed by atoms with E-state index in [1.165, 1.54) is 11.3 Å². The highest BCUT2D eigenvalue weighted by Crippen LogP contribution is 2.33. The number of carbonyl (C=O) groups is 2. The Bertz CT molecular complexity index is 836. The van der Waals surface area contributed by atoms with Crippen LogP contribution in [0.5, 0.6) is 0 Å². The van der Waals surface area contributed by atoms with Gasteiger partial charge < -0.3 is 10.6 Å². The molecule has 0 spiro atoms. The molecule has 0 saturated carbocycles. The number of rotatable bonds is 5. The molecule has 26 heavy (non-hydrogen) atoms.